The molecular weight excluding hydrogens is 384 g/mol. The number of thioether (sulfide) groups is 1. The Labute approximate surface area is 165 Å². The van der Waals surface area contributed by atoms with E-state index in [9.17, 15) is 14.4 Å². The normalized spacial score (nSPS) is 13.0. The van der Waals surface area contributed by atoms with Crippen LogP contribution < -0.4 is 16.4 Å². The fourth-order valence-corrected chi connectivity index (χ4v) is 5.34. The number of carbonyl (C=O) groups is 2. The maximum absolute atomic E-state index is 13.2. The lowest BCUT2D eigenvalue weighted by Crippen LogP contribution is -2.41. The fourth-order valence-electron chi connectivity index (χ4n) is 3.21. The number of nitrogens with zero attached hydrogens (tertiary/aromatic N) is 2. The Kier molecular flexibility index (Phi) is 6.54. The van der Waals surface area contributed by atoms with Gasteiger partial charge in [-0.2, -0.15) is 0 Å². The van der Waals surface area contributed by atoms with Crippen molar-refractivity contribution in [1.82, 2.24) is 20.4 Å². The van der Waals surface area contributed by atoms with Crippen molar-refractivity contribution >= 4 is 45.1 Å². The van der Waals surface area contributed by atoms with Crippen molar-refractivity contribution in [3.05, 3.63) is 20.8 Å². The minimum atomic E-state index is -0.336. The summed E-state index contributed by atoms with van der Waals surface area (Å²) in [7, 11) is 0. The summed E-state index contributed by atoms with van der Waals surface area (Å²) in [5, 5.41) is 1.34. The van der Waals surface area contributed by atoms with Gasteiger partial charge < -0.3 is 0 Å². The standard InChI is InChI=1S/C18H24N4O3S2/c1-3-4-5-9-22-17(25)15-12-7-6-8-13(12)27-16(15)19-18(22)26-10-14(24)21-20-11(2)23/h3-10H2,1-2H3,(H,20,23)(H,21,24). The van der Waals surface area contributed by atoms with Crippen molar-refractivity contribution in [2.75, 3.05) is 5.75 Å². The second-order valence-electron chi connectivity index (χ2n) is 6.61. The lowest BCUT2D eigenvalue weighted by atomic mass is 10.2. The number of amides is 2. The molecule has 0 aliphatic heterocycles. The van der Waals surface area contributed by atoms with Gasteiger partial charge in [-0.3, -0.25) is 29.8 Å². The van der Waals surface area contributed by atoms with Crippen LogP contribution in [0.15, 0.2) is 9.95 Å². The number of aryl methyl sites for hydroxylation is 2. The highest BCUT2D eigenvalue weighted by atomic mass is 32.2. The van der Waals surface area contributed by atoms with Crippen LogP contribution in [0.3, 0.4) is 0 Å². The molecule has 0 unspecified atom stereocenters. The Morgan fingerprint density at radius 1 is 1.26 bits per heavy atom. The van der Waals surface area contributed by atoms with E-state index in [1.807, 2.05) is 0 Å². The SMILES string of the molecule is CCCCCn1c(SCC(=O)NNC(C)=O)nc2sc3c(c2c1=O)CCC3. The van der Waals surface area contributed by atoms with Crippen molar-refractivity contribution in [2.45, 2.75) is 64.1 Å². The van der Waals surface area contributed by atoms with Gasteiger partial charge in [0.05, 0.1) is 11.1 Å². The van der Waals surface area contributed by atoms with E-state index in [0.29, 0.717) is 11.7 Å². The molecule has 0 fully saturated rings. The van der Waals surface area contributed by atoms with Gasteiger partial charge in [0.25, 0.3) is 5.56 Å². The number of thiophene rings is 1. The van der Waals surface area contributed by atoms with Crippen molar-refractivity contribution in [2.24, 2.45) is 0 Å². The summed E-state index contributed by atoms with van der Waals surface area (Å²) in [5.74, 6) is -0.590. The number of hydrogen-bond donors (Lipinski definition) is 2. The maximum Gasteiger partial charge on any atom is 0.263 e. The van der Waals surface area contributed by atoms with Gasteiger partial charge in [-0.1, -0.05) is 31.5 Å². The second-order valence-corrected chi connectivity index (χ2v) is 8.64. The third-order valence-corrected chi connectivity index (χ3v) is 6.65. The highest BCUT2D eigenvalue weighted by molar-refractivity contribution is 7.99. The molecule has 27 heavy (non-hydrogen) atoms. The molecule has 2 aromatic rings. The molecule has 146 valence electrons. The van der Waals surface area contributed by atoms with Gasteiger partial charge in [0, 0.05) is 18.3 Å². The van der Waals surface area contributed by atoms with E-state index in [4.69, 9.17) is 4.98 Å². The predicted octanol–water partition coefficient (Wildman–Crippen LogP) is 2.40. The van der Waals surface area contributed by atoms with E-state index in [1.54, 1.807) is 15.9 Å². The van der Waals surface area contributed by atoms with E-state index in [1.165, 1.54) is 29.1 Å². The number of hydrogen-bond acceptors (Lipinski definition) is 6. The first-order chi connectivity index (χ1) is 13.0. The topological polar surface area (TPSA) is 93.1 Å². The van der Waals surface area contributed by atoms with Crippen LogP contribution in [-0.4, -0.2) is 27.1 Å². The summed E-state index contributed by atoms with van der Waals surface area (Å²) in [5.41, 5.74) is 5.79. The number of aromatic nitrogens is 2. The van der Waals surface area contributed by atoms with Crippen LogP contribution >= 0.6 is 23.1 Å². The highest BCUT2D eigenvalue weighted by Gasteiger charge is 2.23. The van der Waals surface area contributed by atoms with Gasteiger partial charge in [-0.15, -0.1) is 11.3 Å². The lowest BCUT2D eigenvalue weighted by Gasteiger charge is -2.12. The first kappa shape index (κ1) is 19.9. The first-order valence-electron chi connectivity index (χ1n) is 9.24. The molecule has 7 nitrogen and oxygen atoms in total. The summed E-state index contributed by atoms with van der Waals surface area (Å²) in [4.78, 5) is 42.8. The Balaban J connectivity index is 1.87. The molecular formula is C18H24N4O3S2. The van der Waals surface area contributed by atoms with Crippen LogP contribution in [0.2, 0.25) is 0 Å². The Morgan fingerprint density at radius 2 is 2.07 bits per heavy atom. The molecule has 9 heteroatoms. The van der Waals surface area contributed by atoms with Crippen molar-refractivity contribution in [3.63, 3.8) is 0 Å². The number of hydrazine groups is 1. The molecule has 1 aliphatic carbocycles. The first-order valence-corrected chi connectivity index (χ1v) is 11.0. The molecule has 0 aromatic carbocycles. The highest BCUT2D eigenvalue weighted by Crippen LogP contribution is 2.35. The average Bonchev–Trinajstić information content (AvgIpc) is 3.21. The van der Waals surface area contributed by atoms with Crippen LogP contribution in [0.5, 0.6) is 0 Å². The zero-order valence-corrected chi connectivity index (χ0v) is 17.2. The molecule has 1 aliphatic rings. The zero-order chi connectivity index (χ0) is 19.4. The Morgan fingerprint density at radius 3 is 2.81 bits per heavy atom. The van der Waals surface area contributed by atoms with Gasteiger partial charge >= 0.3 is 0 Å². The van der Waals surface area contributed by atoms with Gasteiger partial charge in [0.2, 0.25) is 11.8 Å². The molecule has 0 radical (unpaired) electrons. The van der Waals surface area contributed by atoms with Crippen molar-refractivity contribution in [3.8, 4) is 0 Å². The summed E-state index contributed by atoms with van der Waals surface area (Å²) in [6.07, 6.45) is 6.09. The van der Waals surface area contributed by atoms with Crippen LogP contribution in [0.4, 0.5) is 0 Å². The molecule has 3 rings (SSSR count). The average molecular weight is 409 g/mol. The molecule has 2 heterocycles. The second kappa shape index (κ2) is 8.88. The molecule has 0 bridgehead atoms. The third-order valence-electron chi connectivity index (χ3n) is 4.49. The number of carbonyl (C=O) groups excluding carboxylic acids is 2. The minimum Gasteiger partial charge on any atom is -0.287 e. The summed E-state index contributed by atoms with van der Waals surface area (Å²) < 4.78 is 1.72. The summed E-state index contributed by atoms with van der Waals surface area (Å²) >= 11 is 2.83. The van der Waals surface area contributed by atoms with Crippen LogP contribution in [0.1, 0.15) is 50.0 Å². The molecule has 0 saturated carbocycles. The van der Waals surface area contributed by atoms with E-state index in [-0.39, 0.29) is 23.1 Å². The fraction of sp³-hybridized carbons (Fsp3) is 0.556. The largest absolute Gasteiger partial charge is 0.287 e. The van der Waals surface area contributed by atoms with Crippen LogP contribution in [-0.2, 0) is 29.0 Å². The van der Waals surface area contributed by atoms with E-state index in [0.717, 1.165) is 48.7 Å². The summed E-state index contributed by atoms with van der Waals surface area (Å²) in [6.45, 7) is 4.05. The number of unbranched alkanes of at least 4 members (excludes halogenated alkanes) is 2. The molecule has 2 amide bonds. The minimum absolute atomic E-state index is 0.0141. The molecule has 2 aromatic heterocycles. The molecule has 2 N–H and O–H groups in total. The molecule has 0 saturated heterocycles. The van der Waals surface area contributed by atoms with E-state index >= 15 is 0 Å². The number of rotatable bonds is 7. The van der Waals surface area contributed by atoms with Crippen LogP contribution in [0, 0.1) is 0 Å². The maximum atomic E-state index is 13.2. The predicted molar refractivity (Wildman–Crippen MR) is 108 cm³/mol. The third kappa shape index (κ3) is 4.52. The van der Waals surface area contributed by atoms with Gasteiger partial charge in [0.1, 0.15) is 4.83 Å². The van der Waals surface area contributed by atoms with Crippen LogP contribution in [0.25, 0.3) is 10.2 Å². The summed E-state index contributed by atoms with van der Waals surface area (Å²) in [6, 6.07) is 0. The zero-order valence-electron chi connectivity index (χ0n) is 15.6. The number of fused-ring (bicyclic) bond motifs is 3. The number of nitrogens with one attached hydrogen (secondary N) is 2. The van der Waals surface area contributed by atoms with Crippen molar-refractivity contribution < 1.29 is 9.59 Å². The van der Waals surface area contributed by atoms with Gasteiger partial charge in [-0.05, 0) is 31.2 Å². The Hall–Kier alpha value is -1.87. The smallest absolute Gasteiger partial charge is 0.263 e. The molecule has 0 spiro atoms. The lowest BCUT2D eigenvalue weighted by molar-refractivity contribution is -0.126. The van der Waals surface area contributed by atoms with E-state index < -0.39 is 0 Å². The Bertz CT molecular complexity index is 919. The quantitative estimate of drug-likeness (QED) is 0.318. The van der Waals surface area contributed by atoms with Gasteiger partial charge in [0.15, 0.2) is 5.16 Å². The molecule has 0 atom stereocenters. The van der Waals surface area contributed by atoms with Crippen molar-refractivity contribution in [1.29, 1.82) is 0 Å². The van der Waals surface area contributed by atoms with E-state index in [2.05, 4.69) is 17.8 Å². The monoisotopic (exact) mass is 408 g/mol. The van der Waals surface area contributed by atoms with Gasteiger partial charge in [-0.25, -0.2) is 4.98 Å².